The number of carbonyl (C=O) groups is 1. The number of rotatable bonds is 3. The highest BCUT2D eigenvalue weighted by Crippen LogP contribution is 2.27. The van der Waals surface area contributed by atoms with Crippen LogP contribution in [0.4, 0.5) is 4.39 Å². The molecular formula is C12H8FNO2S. The Morgan fingerprint density at radius 3 is 2.53 bits per heavy atom. The molecule has 0 amide bonds. The highest BCUT2D eigenvalue weighted by atomic mass is 32.2. The van der Waals surface area contributed by atoms with Gasteiger partial charge in [-0.2, -0.15) is 0 Å². The summed E-state index contributed by atoms with van der Waals surface area (Å²) in [5.74, 6) is -1.37. The van der Waals surface area contributed by atoms with Crippen LogP contribution in [0.1, 0.15) is 10.4 Å². The van der Waals surface area contributed by atoms with E-state index in [1.807, 2.05) is 0 Å². The number of hydrogen-bond acceptors (Lipinski definition) is 3. The lowest BCUT2D eigenvalue weighted by atomic mass is 10.2. The molecule has 3 nitrogen and oxygen atoms in total. The van der Waals surface area contributed by atoms with E-state index in [-0.39, 0.29) is 16.4 Å². The van der Waals surface area contributed by atoms with Crippen molar-refractivity contribution in [1.82, 2.24) is 4.98 Å². The Morgan fingerprint density at radius 1 is 1.24 bits per heavy atom. The number of hydrogen-bond donors (Lipinski definition) is 1. The standard InChI is InChI=1S/C12H8FNO2S/c13-10-2-1-7-14-11(10)17-9-5-3-8(4-6-9)12(15)16/h1-7H,(H,15,16). The molecule has 0 saturated heterocycles. The first-order valence-electron chi connectivity index (χ1n) is 4.78. The predicted octanol–water partition coefficient (Wildman–Crippen LogP) is 3.07. The summed E-state index contributed by atoms with van der Waals surface area (Å²) in [7, 11) is 0. The van der Waals surface area contributed by atoms with Crippen LogP contribution < -0.4 is 0 Å². The molecule has 1 N–H and O–H groups in total. The van der Waals surface area contributed by atoms with Gasteiger partial charge in [-0.1, -0.05) is 11.8 Å². The molecule has 86 valence electrons. The van der Waals surface area contributed by atoms with Gasteiger partial charge in [0.1, 0.15) is 5.03 Å². The Kier molecular flexibility index (Phi) is 3.39. The van der Waals surface area contributed by atoms with Crippen molar-refractivity contribution >= 4 is 17.7 Å². The molecule has 0 spiro atoms. The van der Waals surface area contributed by atoms with Crippen LogP contribution in [0.5, 0.6) is 0 Å². The zero-order valence-electron chi connectivity index (χ0n) is 8.63. The Hall–Kier alpha value is -1.88. The number of halogens is 1. The van der Waals surface area contributed by atoms with E-state index in [1.54, 1.807) is 12.1 Å². The zero-order valence-corrected chi connectivity index (χ0v) is 9.45. The summed E-state index contributed by atoms with van der Waals surface area (Å²) in [5, 5.41) is 9.00. The molecule has 1 aromatic heterocycles. The van der Waals surface area contributed by atoms with E-state index in [0.717, 1.165) is 16.7 Å². The van der Waals surface area contributed by atoms with Crippen molar-refractivity contribution in [3.8, 4) is 0 Å². The highest BCUT2D eigenvalue weighted by Gasteiger charge is 2.06. The van der Waals surface area contributed by atoms with Gasteiger partial charge in [-0.15, -0.1) is 0 Å². The van der Waals surface area contributed by atoms with Crippen LogP contribution in [0.2, 0.25) is 0 Å². The molecule has 0 radical (unpaired) electrons. The van der Waals surface area contributed by atoms with Crippen LogP contribution in [-0.2, 0) is 0 Å². The normalized spacial score (nSPS) is 10.2. The number of nitrogens with zero attached hydrogens (tertiary/aromatic N) is 1. The molecule has 0 saturated carbocycles. The lowest BCUT2D eigenvalue weighted by Gasteiger charge is -2.02. The second-order valence-corrected chi connectivity index (χ2v) is 4.28. The smallest absolute Gasteiger partial charge is 0.335 e. The van der Waals surface area contributed by atoms with E-state index in [0.29, 0.717) is 0 Å². The van der Waals surface area contributed by atoms with Crippen molar-refractivity contribution in [2.75, 3.05) is 0 Å². The van der Waals surface area contributed by atoms with Crippen molar-refractivity contribution in [2.45, 2.75) is 9.92 Å². The molecule has 0 aliphatic carbocycles. The van der Waals surface area contributed by atoms with Crippen LogP contribution in [-0.4, -0.2) is 16.1 Å². The molecule has 0 aliphatic rings. The fourth-order valence-corrected chi connectivity index (χ4v) is 2.00. The lowest BCUT2D eigenvalue weighted by molar-refractivity contribution is 0.0697. The molecule has 5 heteroatoms. The molecular weight excluding hydrogens is 241 g/mol. The van der Waals surface area contributed by atoms with Crippen LogP contribution in [0.3, 0.4) is 0 Å². The summed E-state index contributed by atoms with van der Waals surface area (Å²) in [5.41, 5.74) is 0.204. The number of carboxylic acids is 1. The quantitative estimate of drug-likeness (QED) is 0.908. The van der Waals surface area contributed by atoms with Crippen molar-refractivity contribution in [3.05, 3.63) is 54.0 Å². The molecule has 0 aliphatic heterocycles. The lowest BCUT2D eigenvalue weighted by Crippen LogP contribution is -1.94. The maximum absolute atomic E-state index is 13.3. The third kappa shape index (κ3) is 2.82. The Bertz CT molecular complexity index is 542. The van der Waals surface area contributed by atoms with Gasteiger partial charge >= 0.3 is 5.97 Å². The first-order valence-corrected chi connectivity index (χ1v) is 5.60. The van der Waals surface area contributed by atoms with Gasteiger partial charge in [0.2, 0.25) is 0 Å². The predicted molar refractivity (Wildman–Crippen MR) is 61.7 cm³/mol. The molecule has 1 aromatic carbocycles. The third-order valence-corrected chi connectivity index (χ3v) is 3.04. The molecule has 2 rings (SSSR count). The molecule has 1 heterocycles. The van der Waals surface area contributed by atoms with Gasteiger partial charge in [-0.25, -0.2) is 14.2 Å². The largest absolute Gasteiger partial charge is 0.478 e. The molecule has 0 fully saturated rings. The minimum absolute atomic E-state index is 0.204. The number of benzene rings is 1. The average Bonchev–Trinajstić information content (AvgIpc) is 2.33. The zero-order chi connectivity index (χ0) is 12.3. The SMILES string of the molecule is O=C(O)c1ccc(Sc2ncccc2F)cc1. The van der Waals surface area contributed by atoms with E-state index in [2.05, 4.69) is 4.98 Å². The van der Waals surface area contributed by atoms with Crippen LogP contribution in [0, 0.1) is 5.82 Å². The topological polar surface area (TPSA) is 50.2 Å². The second-order valence-electron chi connectivity index (χ2n) is 3.22. The van der Waals surface area contributed by atoms with Gasteiger partial charge in [0, 0.05) is 11.1 Å². The number of aromatic carboxylic acids is 1. The number of aromatic nitrogens is 1. The molecule has 0 bridgehead atoms. The van der Waals surface area contributed by atoms with E-state index in [9.17, 15) is 9.18 Å². The Morgan fingerprint density at radius 2 is 1.94 bits per heavy atom. The van der Waals surface area contributed by atoms with Gasteiger partial charge in [0.05, 0.1) is 5.56 Å². The van der Waals surface area contributed by atoms with Crippen molar-refractivity contribution in [3.63, 3.8) is 0 Å². The van der Waals surface area contributed by atoms with Crippen LogP contribution in [0.15, 0.2) is 52.5 Å². The fourth-order valence-electron chi connectivity index (χ4n) is 1.22. The van der Waals surface area contributed by atoms with Gasteiger partial charge in [-0.05, 0) is 36.4 Å². The summed E-state index contributed by atoms with van der Waals surface area (Å²) < 4.78 is 13.3. The van der Waals surface area contributed by atoms with Crippen molar-refractivity contribution in [1.29, 1.82) is 0 Å². The monoisotopic (exact) mass is 249 g/mol. The maximum Gasteiger partial charge on any atom is 0.335 e. The van der Waals surface area contributed by atoms with E-state index >= 15 is 0 Å². The summed E-state index contributed by atoms with van der Waals surface area (Å²) in [6.45, 7) is 0. The number of carboxylic acid groups (broad SMARTS) is 1. The summed E-state index contributed by atoms with van der Waals surface area (Å²) >= 11 is 1.16. The summed E-state index contributed by atoms with van der Waals surface area (Å²) in [4.78, 5) is 15.3. The molecule has 2 aromatic rings. The average molecular weight is 249 g/mol. The van der Waals surface area contributed by atoms with Crippen molar-refractivity contribution in [2.24, 2.45) is 0 Å². The van der Waals surface area contributed by atoms with Crippen LogP contribution in [0.25, 0.3) is 0 Å². The number of pyridine rings is 1. The van der Waals surface area contributed by atoms with Gasteiger partial charge in [0.15, 0.2) is 5.82 Å². The first kappa shape index (κ1) is 11.6. The Labute approximate surface area is 101 Å². The van der Waals surface area contributed by atoms with Crippen molar-refractivity contribution < 1.29 is 14.3 Å². The summed E-state index contributed by atoms with van der Waals surface area (Å²) in [6.07, 6.45) is 1.51. The summed E-state index contributed by atoms with van der Waals surface area (Å²) in [6, 6.07) is 9.06. The molecule has 0 atom stereocenters. The Balaban J connectivity index is 2.20. The van der Waals surface area contributed by atoms with E-state index in [4.69, 9.17) is 5.11 Å². The second kappa shape index (κ2) is 4.97. The van der Waals surface area contributed by atoms with Gasteiger partial charge in [0.25, 0.3) is 0 Å². The molecule has 17 heavy (non-hydrogen) atoms. The minimum atomic E-state index is -0.981. The first-order chi connectivity index (χ1) is 8.16. The van der Waals surface area contributed by atoms with E-state index in [1.165, 1.54) is 30.5 Å². The van der Waals surface area contributed by atoms with Crippen LogP contribution >= 0.6 is 11.8 Å². The van der Waals surface area contributed by atoms with Gasteiger partial charge in [-0.3, -0.25) is 0 Å². The fraction of sp³-hybridized carbons (Fsp3) is 0. The maximum atomic E-state index is 13.3. The minimum Gasteiger partial charge on any atom is -0.478 e. The van der Waals surface area contributed by atoms with E-state index < -0.39 is 5.97 Å². The molecule has 0 unspecified atom stereocenters. The van der Waals surface area contributed by atoms with Gasteiger partial charge < -0.3 is 5.11 Å². The highest BCUT2D eigenvalue weighted by molar-refractivity contribution is 7.99. The third-order valence-electron chi connectivity index (χ3n) is 2.04.